The highest BCUT2D eigenvalue weighted by Gasteiger charge is 2.25. The minimum Gasteiger partial charge on any atom is -0.294 e. The summed E-state index contributed by atoms with van der Waals surface area (Å²) in [5, 5.41) is 2.08. The Morgan fingerprint density at radius 2 is 1.84 bits per heavy atom. The number of piperazine rings is 1. The monoisotopic (exact) mass is 268 g/mol. The zero-order valence-electron chi connectivity index (χ0n) is 9.78. The summed E-state index contributed by atoms with van der Waals surface area (Å²) in [4.78, 5) is 35.3. The zero-order chi connectivity index (χ0) is 14.0. The molecule has 1 fully saturated rings. The third-order valence-corrected chi connectivity index (χ3v) is 2.61. The number of rotatable bonds is 3. The lowest BCUT2D eigenvalue weighted by Gasteiger charge is -2.24. The number of nitrogens with one attached hydrogen (secondary N) is 1. The van der Waals surface area contributed by atoms with Gasteiger partial charge in [0.05, 0.1) is 25.2 Å². The molecule has 1 saturated heterocycles. The van der Waals surface area contributed by atoms with E-state index in [0.29, 0.717) is 0 Å². The number of amides is 2. The van der Waals surface area contributed by atoms with Crippen molar-refractivity contribution in [1.29, 1.82) is 0 Å². The van der Waals surface area contributed by atoms with Gasteiger partial charge in [0.1, 0.15) is 11.6 Å². The average Bonchev–Trinajstić information content (AvgIpc) is 2.30. The fourth-order valence-corrected chi connectivity index (χ4v) is 1.81. The lowest BCUT2D eigenvalue weighted by molar-refractivity contribution is -0.135. The Kier molecular flexibility index (Phi) is 3.66. The molecule has 0 unspecified atom stereocenters. The highest BCUT2D eigenvalue weighted by atomic mass is 19.1. The van der Waals surface area contributed by atoms with Gasteiger partial charge in [-0.2, -0.15) is 0 Å². The molecule has 0 spiro atoms. The van der Waals surface area contributed by atoms with Crippen molar-refractivity contribution >= 4 is 17.6 Å². The smallest absolute Gasteiger partial charge is 0.240 e. The molecule has 0 bridgehead atoms. The predicted octanol–water partition coefficient (Wildman–Crippen LogP) is 0.106. The first-order valence-electron chi connectivity index (χ1n) is 5.49. The number of Topliss-reactive ketones (excluding diaryl/α,β-unsaturated/α-hetero) is 1. The molecule has 7 heteroatoms. The Morgan fingerprint density at radius 3 is 2.47 bits per heavy atom. The van der Waals surface area contributed by atoms with Gasteiger partial charge in [0.15, 0.2) is 5.78 Å². The molecule has 1 heterocycles. The van der Waals surface area contributed by atoms with Gasteiger partial charge in [-0.05, 0) is 18.2 Å². The van der Waals surface area contributed by atoms with Crippen LogP contribution in [-0.4, -0.2) is 42.1 Å². The van der Waals surface area contributed by atoms with Gasteiger partial charge in [-0.15, -0.1) is 0 Å². The number of benzene rings is 1. The normalized spacial score (nSPS) is 16.3. The molecule has 0 atom stereocenters. The molecule has 19 heavy (non-hydrogen) atoms. The van der Waals surface area contributed by atoms with Crippen molar-refractivity contribution in [3.8, 4) is 0 Å². The molecule has 100 valence electrons. The molecular formula is C12H10F2N2O3. The van der Waals surface area contributed by atoms with Gasteiger partial charge >= 0.3 is 0 Å². The summed E-state index contributed by atoms with van der Waals surface area (Å²) in [5.41, 5.74) is -0.390. The van der Waals surface area contributed by atoms with E-state index >= 15 is 0 Å². The number of imide groups is 1. The number of hydrogen-bond donors (Lipinski definition) is 1. The third kappa shape index (κ3) is 3.19. The standard InChI is InChI=1S/C12H10F2N2O3/c13-7-1-2-9(14)8(3-7)10(17)4-16-5-11(18)15-12(19)6-16/h1-3H,4-6H2,(H,15,18,19). The number of nitrogens with zero attached hydrogens (tertiary/aromatic N) is 1. The van der Waals surface area contributed by atoms with Crippen molar-refractivity contribution in [2.75, 3.05) is 19.6 Å². The van der Waals surface area contributed by atoms with Crippen molar-refractivity contribution in [2.24, 2.45) is 0 Å². The second-order valence-corrected chi connectivity index (χ2v) is 4.16. The molecule has 0 aromatic heterocycles. The minimum absolute atomic E-state index is 0.131. The Bertz CT molecular complexity index is 544. The van der Waals surface area contributed by atoms with Crippen molar-refractivity contribution < 1.29 is 23.2 Å². The number of carbonyl (C=O) groups is 3. The lowest BCUT2D eigenvalue weighted by atomic mass is 10.1. The van der Waals surface area contributed by atoms with E-state index in [9.17, 15) is 23.2 Å². The van der Waals surface area contributed by atoms with Gasteiger partial charge in [-0.3, -0.25) is 24.6 Å². The maximum absolute atomic E-state index is 13.4. The first-order valence-corrected chi connectivity index (χ1v) is 5.49. The molecule has 0 saturated carbocycles. The first kappa shape index (κ1) is 13.3. The van der Waals surface area contributed by atoms with E-state index in [-0.39, 0.29) is 19.6 Å². The maximum atomic E-state index is 13.4. The SMILES string of the molecule is O=C1CN(CC(=O)c2cc(F)ccc2F)CC(=O)N1. The molecule has 1 aliphatic rings. The van der Waals surface area contributed by atoms with Crippen LogP contribution in [0.15, 0.2) is 18.2 Å². The van der Waals surface area contributed by atoms with Crippen LogP contribution >= 0.6 is 0 Å². The highest BCUT2D eigenvalue weighted by Crippen LogP contribution is 2.11. The minimum atomic E-state index is -0.834. The predicted molar refractivity (Wildman–Crippen MR) is 60.3 cm³/mol. The second kappa shape index (κ2) is 5.23. The summed E-state index contributed by atoms with van der Waals surface area (Å²) in [5.74, 6) is -3.29. The van der Waals surface area contributed by atoms with E-state index in [2.05, 4.69) is 5.32 Å². The van der Waals surface area contributed by atoms with Crippen molar-refractivity contribution in [3.05, 3.63) is 35.4 Å². The van der Waals surface area contributed by atoms with Gasteiger partial charge in [0.2, 0.25) is 11.8 Å². The quantitative estimate of drug-likeness (QED) is 0.624. The summed E-state index contributed by atoms with van der Waals surface area (Å²) < 4.78 is 26.3. The summed E-state index contributed by atoms with van der Waals surface area (Å²) in [6.45, 7) is -0.581. The van der Waals surface area contributed by atoms with Gasteiger partial charge < -0.3 is 0 Å². The molecular weight excluding hydrogens is 258 g/mol. The Morgan fingerprint density at radius 1 is 1.21 bits per heavy atom. The van der Waals surface area contributed by atoms with E-state index in [1.807, 2.05) is 0 Å². The summed E-state index contributed by atoms with van der Waals surface area (Å²) in [6, 6.07) is 2.56. The number of hydrogen-bond acceptors (Lipinski definition) is 4. The fourth-order valence-electron chi connectivity index (χ4n) is 1.81. The molecule has 1 aromatic rings. The molecule has 0 radical (unpaired) electrons. The van der Waals surface area contributed by atoms with Crippen LogP contribution in [0.3, 0.4) is 0 Å². The number of carbonyl (C=O) groups excluding carboxylic acids is 3. The molecule has 2 rings (SSSR count). The van der Waals surface area contributed by atoms with Crippen LogP contribution in [0.1, 0.15) is 10.4 Å². The first-order chi connectivity index (χ1) is 8.95. The molecule has 0 aliphatic carbocycles. The molecule has 2 amide bonds. The van der Waals surface area contributed by atoms with Gasteiger partial charge in [-0.25, -0.2) is 8.78 Å². The van der Waals surface area contributed by atoms with Gasteiger partial charge in [0, 0.05) is 0 Å². The van der Waals surface area contributed by atoms with Crippen molar-refractivity contribution in [2.45, 2.75) is 0 Å². The largest absolute Gasteiger partial charge is 0.294 e. The number of ketones is 1. The van der Waals surface area contributed by atoms with Crippen molar-refractivity contribution in [1.82, 2.24) is 10.2 Å². The van der Waals surface area contributed by atoms with Crippen LogP contribution in [-0.2, 0) is 9.59 Å². The molecule has 1 aliphatic heterocycles. The van der Waals surface area contributed by atoms with E-state index in [0.717, 1.165) is 18.2 Å². The lowest BCUT2D eigenvalue weighted by Crippen LogP contribution is -2.52. The second-order valence-electron chi connectivity index (χ2n) is 4.16. The van der Waals surface area contributed by atoms with E-state index in [1.54, 1.807) is 0 Å². The van der Waals surface area contributed by atoms with Crippen molar-refractivity contribution in [3.63, 3.8) is 0 Å². The molecule has 1 N–H and O–H groups in total. The summed E-state index contributed by atoms with van der Waals surface area (Å²) in [6.07, 6.45) is 0. The topological polar surface area (TPSA) is 66.5 Å². The van der Waals surface area contributed by atoms with Gasteiger partial charge in [-0.1, -0.05) is 0 Å². The maximum Gasteiger partial charge on any atom is 0.240 e. The van der Waals surface area contributed by atoms with Crippen LogP contribution < -0.4 is 5.32 Å². The van der Waals surface area contributed by atoms with Gasteiger partial charge in [0.25, 0.3) is 0 Å². The number of halogens is 2. The summed E-state index contributed by atoms with van der Waals surface area (Å²) in [7, 11) is 0. The highest BCUT2D eigenvalue weighted by molar-refractivity contribution is 6.01. The fraction of sp³-hybridized carbons (Fsp3) is 0.250. The van der Waals surface area contributed by atoms with Crippen LogP contribution in [0.2, 0.25) is 0 Å². The van der Waals surface area contributed by atoms with E-state index in [1.165, 1.54) is 4.90 Å². The van der Waals surface area contributed by atoms with E-state index < -0.39 is 34.8 Å². The van der Waals surface area contributed by atoms with Crippen LogP contribution in [0.25, 0.3) is 0 Å². The Labute approximate surface area is 107 Å². The summed E-state index contributed by atoms with van der Waals surface area (Å²) >= 11 is 0. The molecule has 5 nitrogen and oxygen atoms in total. The Balaban J connectivity index is 2.10. The Hall–Kier alpha value is -2.15. The van der Waals surface area contributed by atoms with Crippen LogP contribution in [0.5, 0.6) is 0 Å². The van der Waals surface area contributed by atoms with E-state index in [4.69, 9.17) is 0 Å². The molecule has 1 aromatic carbocycles. The zero-order valence-corrected chi connectivity index (χ0v) is 9.78. The average molecular weight is 268 g/mol. The third-order valence-electron chi connectivity index (χ3n) is 2.61. The van der Waals surface area contributed by atoms with Crippen LogP contribution in [0.4, 0.5) is 8.78 Å². The van der Waals surface area contributed by atoms with Crippen LogP contribution in [0, 0.1) is 11.6 Å².